The average Bonchev–Trinajstić information content (AvgIpc) is 3.41. The summed E-state index contributed by atoms with van der Waals surface area (Å²) >= 11 is 0. The maximum Gasteiger partial charge on any atom is 0.254 e. The van der Waals surface area contributed by atoms with Gasteiger partial charge in [0.15, 0.2) is 0 Å². The van der Waals surface area contributed by atoms with Gasteiger partial charge in [-0.2, -0.15) is 10.2 Å². The summed E-state index contributed by atoms with van der Waals surface area (Å²) in [6.07, 6.45) is 4.88. The molecule has 1 aromatic heterocycles. The van der Waals surface area contributed by atoms with Crippen LogP contribution in [0.2, 0.25) is 0 Å². The van der Waals surface area contributed by atoms with E-state index in [2.05, 4.69) is 20.9 Å². The van der Waals surface area contributed by atoms with Gasteiger partial charge in [-0.25, -0.2) is 13.1 Å². The summed E-state index contributed by atoms with van der Waals surface area (Å²) < 4.78 is 38.3. The molecule has 0 fully saturated rings. The quantitative estimate of drug-likeness (QED) is 0.583. The standard InChI is InChI=1S/C24H28N4O5S/c1-14(2)32-22-10-8-16(15(3)20(22)13-25)24-26-23(27-33-24)19-6-4-5-18-17(19)7-9-21(18)28-34(30,31)12-11-29/h4-6,8,10,14-15,20-21,28-29H,7,9,11-12H2,1-3H3/t15?,20?,21-/m0/s1. The first kappa shape index (κ1) is 24.1. The molecule has 0 saturated heterocycles. The molecule has 180 valence electrons. The fourth-order valence-electron chi connectivity index (χ4n) is 4.51. The third kappa shape index (κ3) is 4.78. The first-order valence-electron chi connectivity index (χ1n) is 11.3. The number of hydrogen-bond donors (Lipinski definition) is 2. The smallest absolute Gasteiger partial charge is 0.254 e. The SMILES string of the molecule is CC(C)OC1=CC=C(c2nc(-c3cccc4c3CC[C@@H]4NS(=O)(=O)CCO)no2)C(C)C1C#N. The van der Waals surface area contributed by atoms with Crippen LogP contribution in [0.4, 0.5) is 0 Å². The molecule has 3 atom stereocenters. The molecule has 0 spiro atoms. The van der Waals surface area contributed by atoms with Crippen LogP contribution < -0.4 is 4.72 Å². The van der Waals surface area contributed by atoms with Gasteiger partial charge in [0.2, 0.25) is 15.8 Å². The molecule has 2 unspecified atom stereocenters. The lowest BCUT2D eigenvalue weighted by atomic mass is 9.83. The molecule has 10 heteroatoms. The summed E-state index contributed by atoms with van der Waals surface area (Å²) in [6.45, 7) is 5.35. The predicted molar refractivity (Wildman–Crippen MR) is 125 cm³/mol. The van der Waals surface area contributed by atoms with Gasteiger partial charge in [0.25, 0.3) is 5.89 Å². The Morgan fingerprint density at radius 2 is 2.15 bits per heavy atom. The van der Waals surface area contributed by atoms with Gasteiger partial charge in [0, 0.05) is 23.1 Å². The Bertz CT molecular complexity index is 1270. The van der Waals surface area contributed by atoms with E-state index in [4.69, 9.17) is 14.4 Å². The van der Waals surface area contributed by atoms with Gasteiger partial charge in [-0.1, -0.05) is 30.3 Å². The lowest BCUT2D eigenvalue weighted by Crippen LogP contribution is -2.30. The Morgan fingerprint density at radius 1 is 1.35 bits per heavy atom. The van der Waals surface area contributed by atoms with Gasteiger partial charge in [-0.15, -0.1) is 0 Å². The van der Waals surface area contributed by atoms with Crippen molar-refractivity contribution in [3.05, 3.63) is 53.1 Å². The van der Waals surface area contributed by atoms with E-state index in [1.54, 1.807) is 6.08 Å². The van der Waals surface area contributed by atoms with Crippen molar-refractivity contribution in [3.8, 4) is 17.5 Å². The third-order valence-corrected chi connectivity index (χ3v) is 7.47. The number of sulfonamides is 1. The van der Waals surface area contributed by atoms with Crippen molar-refractivity contribution in [2.75, 3.05) is 12.4 Å². The summed E-state index contributed by atoms with van der Waals surface area (Å²) in [5, 5.41) is 22.9. The monoisotopic (exact) mass is 484 g/mol. The highest BCUT2D eigenvalue weighted by molar-refractivity contribution is 7.89. The highest BCUT2D eigenvalue weighted by Crippen LogP contribution is 2.40. The molecule has 4 rings (SSSR count). The largest absolute Gasteiger partial charge is 0.494 e. The van der Waals surface area contributed by atoms with Crippen LogP contribution >= 0.6 is 0 Å². The molecule has 1 aromatic carbocycles. The number of allylic oxidation sites excluding steroid dienone is 4. The van der Waals surface area contributed by atoms with Crippen molar-refractivity contribution in [1.29, 1.82) is 5.26 Å². The lowest BCUT2D eigenvalue weighted by molar-refractivity contribution is 0.122. The Morgan fingerprint density at radius 3 is 2.85 bits per heavy atom. The van der Waals surface area contributed by atoms with Crippen LogP contribution in [-0.4, -0.2) is 42.1 Å². The van der Waals surface area contributed by atoms with E-state index in [0.717, 1.165) is 22.3 Å². The highest BCUT2D eigenvalue weighted by atomic mass is 32.2. The number of fused-ring (bicyclic) bond motifs is 1. The van der Waals surface area contributed by atoms with Gasteiger partial charge in [-0.3, -0.25) is 0 Å². The zero-order valence-corrected chi connectivity index (χ0v) is 20.2. The van der Waals surface area contributed by atoms with E-state index in [1.807, 2.05) is 45.0 Å². The minimum atomic E-state index is -3.57. The van der Waals surface area contributed by atoms with E-state index in [9.17, 15) is 13.7 Å². The topological polar surface area (TPSA) is 138 Å². The van der Waals surface area contributed by atoms with Crippen LogP contribution in [0.3, 0.4) is 0 Å². The van der Waals surface area contributed by atoms with Crippen LogP contribution in [0.25, 0.3) is 17.0 Å². The number of aromatic nitrogens is 2. The van der Waals surface area contributed by atoms with Crippen LogP contribution in [-0.2, 0) is 21.2 Å². The molecule has 0 aliphatic heterocycles. The number of nitrogens with one attached hydrogen (secondary N) is 1. The molecule has 2 N–H and O–H groups in total. The molecule has 9 nitrogen and oxygen atoms in total. The van der Waals surface area contributed by atoms with Crippen molar-refractivity contribution in [2.45, 2.75) is 45.8 Å². The first-order valence-corrected chi connectivity index (χ1v) is 12.9. The number of nitriles is 1. The molecule has 1 heterocycles. The van der Waals surface area contributed by atoms with Gasteiger partial charge >= 0.3 is 0 Å². The van der Waals surface area contributed by atoms with Crippen LogP contribution in [0, 0.1) is 23.2 Å². The Labute approximate surface area is 199 Å². The zero-order valence-electron chi connectivity index (χ0n) is 19.4. The number of rotatable bonds is 8. The van der Waals surface area contributed by atoms with Gasteiger partial charge < -0.3 is 14.4 Å². The number of aliphatic hydroxyl groups is 1. The van der Waals surface area contributed by atoms with Crippen LogP contribution in [0.1, 0.15) is 50.3 Å². The predicted octanol–water partition coefficient (Wildman–Crippen LogP) is 3.12. The molecule has 0 saturated carbocycles. The average molecular weight is 485 g/mol. The molecule has 2 aliphatic rings. The normalized spacial score (nSPS) is 22.2. The minimum Gasteiger partial charge on any atom is -0.494 e. The van der Waals surface area contributed by atoms with Crippen molar-refractivity contribution < 1.29 is 22.8 Å². The van der Waals surface area contributed by atoms with Gasteiger partial charge in [0.05, 0.1) is 24.5 Å². The van der Waals surface area contributed by atoms with Gasteiger partial charge in [0.1, 0.15) is 11.7 Å². The fourth-order valence-corrected chi connectivity index (χ4v) is 5.55. The Balaban J connectivity index is 1.62. The number of aliphatic hydroxyl groups excluding tert-OH is 1. The van der Waals surface area contributed by atoms with E-state index >= 15 is 0 Å². The third-order valence-electron chi connectivity index (χ3n) is 6.10. The van der Waals surface area contributed by atoms with E-state index in [1.165, 1.54) is 0 Å². The molecule has 34 heavy (non-hydrogen) atoms. The zero-order chi connectivity index (χ0) is 24.5. The number of hydrogen-bond acceptors (Lipinski definition) is 8. The Kier molecular flexibility index (Phi) is 6.89. The van der Waals surface area contributed by atoms with E-state index in [-0.39, 0.29) is 23.8 Å². The van der Waals surface area contributed by atoms with Gasteiger partial charge in [-0.05, 0) is 50.0 Å². The molecule has 2 aromatic rings. The minimum absolute atomic E-state index is 0.0311. The highest BCUT2D eigenvalue weighted by Gasteiger charge is 2.33. The molecule has 0 bridgehead atoms. The molecule has 2 aliphatic carbocycles. The van der Waals surface area contributed by atoms with Crippen LogP contribution in [0.5, 0.6) is 0 Å². The maximum absolute atomic E-state index is 12.1. The summed E-state index contributed by atoms with van der Waals surface area (Å²) in [5.41, 5.74) is 3.40. The molecular formula is C24H28N4O5S. The summed E-state index contributed by atoms with van der Waals surface area (Å²) in [6, 6.07) is 7.58. The lowest BCUT2D eigenvalue weighted by Gasteiger charge is -2.26. The second-order valence-corrected chi connectivity index (χ2v) is 10.7. The summed E-state index contributed by atoms with van der Waals surface area (Å²) in [5.74, 6) is 0.417. The summed E-state index contributed by atoms with van der Waals surface area (Å²) in [7, 11) is -3.57. The number of benzene rings is 1. The Hall–Kier alpha value is -3.00. The van der Waals surface area contributed by atoms with Crippen molar-refractivity contribution in [1.82, 2.24) is 14.9 Å². The summed E-state index contributed by atoms with van der Waals surface area (Å²) in [4.78, 5) is 4.62. The van der Waals surface area contributed by atoms with E-state index in [0.29, 0.717) is 30.3 Å². The number of nitrogens with zero attached hydrogens (tertiary/aromatic N) is 3. The molecule has 0 amide bonds. The first-order chi connectivity index (χ1) is 16.2. The maximum atomic E-state index is 12.1. The number of ether oxygens (including phenoxy) is 1. The van der Waals surface area contributed by atoms with E-state index < -0.39 is 22.5 Å². The molecular weight excluding hydrogens is 456 g/mol. The van der Waals surface area contributed by atoms with Crippen molar-refractivity contribution >= 4 is 15.6 Å². The fraction of sp³-hybridized carbons (Fsp3) is 0.458. The van der Waals surface area contributed by atoms with Crippen molar-refractivity contribution in [3.63, 3.8) is 0 Å². The van der Waals surface area contributed by atoms with Crippen molar-refractivity contribution in [2.24, 2.45) is 11.8 Å². The second kappa shape index (κ2) is 9.70. The van der Waals surface area contributed by atoms with Crippen LogP contribution in [0.15, 0.2) is 40.6 Å². The second-order valence-electron chi connectivity index (χ2n) is 8.80. The molecule has 0 radical (unpaired) electrons.